The van der Waals surface area contributed by atoms with Gasteiger partial charge in [-0.2, -0.15) is 5.10 Å². The fourth-order valence-corrected chi connectivity index (χ4v) is 3.02. The summed E-state index contributed by atoms with van der Waals surface area (Å²) < 4.78 is 7.59. The number of hydrogen-bond donors (Lipinski definition) is 2. The van der Waals surface area contributed by atoms with Gasteiger partial charge in [0.25, 0.3) is 0 Å². The smallest absolute Gasteiger partial charge is 0.191 e. The molecule has 142 valence electrons. The second-order valence-corrected chi connectivity index (χ2v) is 7.07. The summed E-state index contributed by atoms with van der Waals surface area (Å²) in [6.07, 6.45) is 4.71. The molecule has 1 aliphatic carbocycles. The molecule has 1 fully saturated rings. The molecule has 1 aromatic rings. The summed E-state index contributed by atoms with van der Waals surface area (Å²) in [5.74, 6) is 0.929. The Balaban J connectivity index is 1.73. The van der Waals surface area contributed by atoms with Crippen molar-refractivity contribution in [1.29, 1.82) is 0 Å². The normalized spacial score (nSPS) is 16.1. The van der Waals surface area contributed by atoms with Crippen LogP contribution >= 0.6 is 0 Å². The molecule has 0 atom stereocenters. The predicted octanol–water partition coefficient (Wildman–Crippen LogP) is 2.65. The molecular weight excluding hydrogens is 314 g/mol. The Morgan fingerprint density at radius 2 is 2.12 bits per heavy atom. The second-order valence-electron chi connectivity index (χ2n) is 7.07. The Morgan fingerprint density at radius 1 is 1.32 bits per heavy atom. The van der Waals surface area contributed by atoms with E-state index in [4.69, 9.17) is 9.73 Å². The number of nitrogens with one attached hydrogen (secondary N) is 2. The molecule has 25 heavy (non-hydrogen) atoms. The zero-order chi connectivity index (χ0) is 18.1. The van der Waals surface area contributed by atoms with Gasteiger partial charge in [-0.15, -0.1) is 0 Å². The van der Waals surface area contributed by atoms with E-state index in [0.29, 0.717) is 5.41 Å². The molecule has 0 radical (unpaired) electrons. The van der Waals surface area contributed by atoms with Gasteiger partial charge in [0.2, 0.25) is 0 Å². The van der Waals surface area contributed by atoms with Crippen LogP contribution in [-0.4, -0.2) is 48.6 Å². The minimum absolute atomic E-state index is 0.390. The average Bonchev–Trinajstić information content (AvgIpc) is 3.28. The summed E-state index contributed by atoms with van der Waals surface area (Å²) in [5, 5.41) is 11.3. The highest BCUT2D eigenvalue weighted by Gasteiger charge is 2.41. The molecule has 0 unspecified atom stereocenters. The Morgan fingerprint density at radius 3 is 2.72 bits per heavy atom. The van der Waals surface area contributed by atoms with E-state index in [0.717, 1.165) is 63.9 Å². The minimum atomic E-state index is 0.390. The third-order valence-electron chi connectivity index (χ3n) is 4.80. The van der Waals surface area contributed by atoms with E-state index in [1.807, 2.05) is 6.92 Å². The van der Waals surface area contributed by atoms with Crippen molar-refractivity contribution in [2.75, 3.05) is 32.8 Å². The molecule has 1 saturated carbocycles. The van der Waals surface area contributed by atoms with Crippen LogP contribution in [0.2, 0.25) is 0 Å². The maximum atomic E-state index is 5.51. The summed E-state index contributed by atoms with van der Waals surface area (Å²) in [6, 6.07) is 2.12. The highest BCUT2D eigenvalue weighted by atomic mass is 16.5. The quantitative estimate of drug-likeness (QED) is 0.366. The maximum Gasteiger partial charge on any atom is 0.191 e. The van der Waals surface area contributed by atoms with Crippen LogP contribution in [0.15, 0.2) is 11.1 Å². The lowest BCUT2D eigenvalue weighted by atomic mass is 10.0. The van der Waals surface area contributed by atoms with Crippen LogP contribution in [0, 0.1) is 19.3 Å². The first-order valence-electron chi connectivity index (χ1n) is 9.69. The third kappa shape index (κ3) is 6.69. The van der Waals surface area contributed by atoms with Crippen molar-refractivity contribution in [3.8, 4) is 0 Å². The minimum Gasteiger partial charge on any atom is -0.382 e. The first-order valence-corrected chi connectivity index (χ1v) is 9.69. The van der Waals surface area contributed by atoms with Crippen molar-refractivity contribution in [1.82, 2.24) is 20.4 Å². The maximum absolute atomic E-state index is 5.51. The molecule has 0 amide bonds. The van der Waals surface area contributed by atoms with Crippen molar-refractivity contribution in [3.63, 3.8) is 0 Å². The van der Waals surface area contributed by atoms with E-state index >= 15 is 0 Å². The summed E-state index contributed by atoms with van der Waals surface area (Å²) in [5.41, 5.74) is 2.70. The van der Waals surface area contributed by atoms with Crippen LogP contribution < -0.4 is 10.6 Å². The second kappa shape index (κ2) is 9.80. The first-order chi connectivity index (χ1) is 12.1. The van der Waals surface area contributed by atoms with Crippen molar-refractivity contribution in [2.45, 2.75) is 59.9 Å². The highest BCUT2D eigenvalue weighted by molar-refractivity contribution is 5.79. The van der Waals surface area contributed by atoms with E-state index in [1.165, 1.54) is 18.5 Å². The van der Waals surface area contributed by atoms with Gasteiger partial charge in [-0.3, -0.25) is 9.67 Å². The molecule has 0 saturated heterocycles. The number of aliphatic imine (C=N–C) groups is 1. The van der Waals surface area contributed by atoms with Crippen molar-refractivity contribution in [2.24, 2.45) is 10.4 Å². The van der Waals surface area contributed by atoms with Crippen LogP contribution in [0.25, 0.3) is 0 Å². The number of aryl methyl sites for hydroxylation is 3. The fraction of sp³-hybridized carbons (Fsp3) is 0.789. The topological polar surface area (TPSA) is 63.5 Å². The van der Waals surface area contributed by atoms with E-state index in [1.54, 1.807) is 0 Å². The van der Waals surface area contributed by atoms with Gasteiger partial charge in [-0.25, -0.2) is 0 Å². The molecular formula is C19H35N5O. The summed E-state index contributed by atoms with van der Waals surface area (Å²) in [7, 11) is 0. The number of guanidine groups is 1. The van der Waals surface area contributed by atoms with Gasteiger partial charge in [-0.1, -0.05) is 0 Å². The Kier molecular flexibility index (Phi) is 7.75. The lowest BCUT2D eigenvalue weighted by Crippen LogP contribution is -2.38. The lowest BCUT2D eigenvalue weighted by molar-refractivity contribution is 0.129. The van der Waals surface area contributed by atoms with Gasteiger partial charge >= 0.3 is 0 Å². The molecule has 0 aromatic carbocycles. The van der Waals surface area contributed by atoms with Crippen molar-refractivity contribution >= 4 is 5.96 Å². The molecule has 2 rings (SSSR count). The van der Waals surface area contributed by atoms with Crippen LogP contribution in [0.5, 0.6) is 0 Å². The fourth-order valence-electron chi connectivity index (χ4n) is 3.02. The first kappa shape index (κ1) is 19.8. The Labute approximate surface area is 152 Å². The number of nitrogens with zero attached hydrogens (tertiary/aromatic N) is 3. The number of rotatable bonds is 11. The van der Waals surface area contributed by atoms with E-state index in [9.17, 15) is 0 Å². The van der Waals surface area contributed by atoms with E-state index in [2.05, 4.69) is 47.3 Å². The van der Waals surface area contributed by atoms with Crippen LogP contribution in [0.1, 0.15) is 50.9 Å². The Hall–Kier alpha value is -1.56. The van der Waals surface area contributed by atoms with Gasteiger partial charge in [0.1, 0.15) is 0 Å². The predicted molar refractivity (Wildman–Crippen MR) is 103 cm³/mol. The molecule has 0 spiro atoms. The molecule has 0 aliphatic heterocycles. The monoisotopic (exact) mass is 349 g/mol. The number of aromatic nitrogens is 2. The third-order valence-corrected chi connectivity index (χ3v) is 4.80. The molecule has 1 heterocycles. The molecule has 1 aliphatic rings. The molecule has 6 nitrogen and oxygen atoms in total. The zero-order valence-corrected chi connectivity index (χ0v) is 16.4. The Bertz CT molecular complexity index is 548. The summed E-state index contributed by atoms with van der Waals surface area (Å²) >= 11 is 0. The van der Waals surface area contributed by atoms with Gasteiger partial charge in [0, 0.05) is 45.1 Å². The zero-order valence-electron chi connectivity index (χ0n) is 16.4. The van der Waals surface area contributed by atoms with Crippen molar-refractivity contribution < 1.29 is 4.74 Å². The van der Waals surface area contributed by atoms with Crippen LogP contribution in [0.3, 0.4) is 0 Å². The molecule has 1 aromatic heterocycles. The molecule has 0 bridgehead atoms. The summed E-state index contributed by atoms with van der Waals surface area (Å²) in [6.45, 7) is 13.6. The van der Waals surface area contributed by atoms with Gasteiger partial charge in [0.05, 0.1) is 5.69 Å². The van der Waals surface area contributed by atoms with Gasteiger partial charge in [-0.05, 0) is 64.9 Å². The van der Waals surface area contributed by atoms with E-state index in [-0.39, 0.29) is 0 Å². The van der Waals surface area contributed by atoms with E-state index < -0.39 is 0 Å². The standard InChI is InChI=1S/C19H35N5O/c1-5-20-18(22-15-19(8-9-19)10-13-25-6-2)21-11-7-12-24-17(4)14-16(3)23-24/h14H,5-13,15H2,1-4H3,(H2,20,21,22). The number of hydrogen-bond acceptors (Lipinski definition) is 3. The lowest BCUT2D eigenvalue weighted by Gasteiger charge is -2.15. The van der Waals surface area contributed by atoms with Gasteiger partial charge < -0.3 is 15.4 Å². The average molecular weight is 350 g/mol. The highest BCUT2D eigenvalue weighted by Crippen LogP contribution is 2.48. The molecule has 6 heteroatoms. The SMILES string of the molecule is CCNC(=NCC1(CCOCC)CC1)NCCCn1nc(C)cc1C. The van der Waals surface area contributed by atoms with Crippen LogP contribution in [-0.2, 0) is 11.3 Å². The van der Waals surface area contributed by atoms with Crippen molar-refractivity contribution in [3.05, 3.63) is 17.5 Å². The number of ether oxygens (including phenoxy) is 1. The molecule has 2 N–H and O–H groups in total. The summed E-state index contributed by atoms with van der Waals surface area (Å²) in [4.78, 5) is 4.81. The largest absolute Gasteiger partial charge is 0.382 e. The van der Waals surface area contributed by atoms with Crippen LogP contribution in [0.4, 0.5) is 0 Å². The van der Waals surface area contributed by atoms with Gasteiger partial charge in [0.15, 0.2) is 5.96 Å².